The third-order valence-electron chi connectivity index (χ3n) is 5.46. The van der Waals surface area contributed by atoms with Crippen molar-refractivity contribution >= 4 is 5.97 Å². The van der Waals surface area contributed by atoms with E-state index in [1.54, 1.807) is 18.2 Å². The summed E-state index contributed by atoms with van der Waals surface area (Å²) in [5, 5.41) is 10.2. The van der Waals surface area contributed by atoms with E-state index in [0.29, 0.717) is 5.56 Å². The second-order valence-corrected chi connectivity index (χ2v) is 7.08. The van der Waals surface area contributed by atoms with Gasteiger partial charge in [0.05, 0.1) is 5.56 Å². The molecule has 4 aromatic rings. The fraction of sp³-hybridized carbons (Fsp3) is 0.0385. The highest BCUT2D eigenvalue weighted by Gasteiger charge is 2.48. The molecule has 3 nitrogen and oxygen atoms in total. The molecule has 0 bridgehead atoms. The molecule has 1 aliphatic rings. The summed E-state index contributed by atoms with van der Waals surface area (Å²) < 4.78 is 6.07. The molecule has 1 heterocycles. The quantitative estimate of drug-likeness (QED) is 0.477. The third kappa shape index (κ3) is 2.63. The standard InChI is InChI=1S/C26H18O3/c27-24-13-7-5-10-21(24)18-14-16-20(17-15-18)26(19-8-2-1-3-9-19)23-12-6-4-11-22(23)25(28)29-26/h1-17,27H/t26-/m0/s1. The molecule has 1 atom stereocenters. The van der Waals surface area contributed by atoms with Gasteiger partial charge in [-0.1, -0.05) is 91.0 Å². The zero-order valence-corrected chi connectivity index (χ0v) is 15.6. The van der Waals surface area contributed by atoms with Crippen molar-refractivity contribution in [2.75, 3.05) is 0 Å². The van der Waals surface area contributed by atoms with Gasteiger partial charge in [0.1, 0.15) is 5.75 Å². The van der Waals surface area contributed by atoms with Gasteiger partial charge < -0.3 is 9.84 Å². The Bertz CT molecular complexity index is 1200. The van der Waals surface area contributed by atoms with Crippen molar-refractivity contribution in [3.05, 3.63) is 125 Å². The second kappa shape index (κ2) is 6.64. The van der Waals surface area contributed by atoms with Crippen molar-refractivity contribution in [2.45, 2.75) is 5.60 Å². The summed E-state index contributed by atoms with van der Waals surface area (Å²) in [5.74, 6) is -0.0927. The Morgan fingerprint density at radius 1 is 0.621 bits per heavy atom. The SMILES string of the molecule is O=C1O[C@@](c2ccccc2)(c2ccc(-c3ccccc3O)cc2)c2ccccc21. The van der Waals surface area contributed by atoms with Crippen LogP contribution in [0.15, 0.2) is 103 Å². The van der Waals surface area contributed by atoms with Crippen LogP contribution in [-0.4, -0.2) is 11.1 Å². The Hall–Kier alpha value is -3.85. The number of carbonyl (C=O) groups excluding carboxylic acids is 1. The topological polar surface area (TPSA) is 46.5 Å². The fourth-order valence-electron chi connectivity index (χ4n) is 4.09. The van der Waals surface area contributed by atoms with E-state index in [0.717, 1.165) is 27.8 Å². The van der Waals surface area contributed by atoms with Gasteiger partial charge in [0, 0.05) is 22.3 Å². The number of carbonyl (C=O) groups is 1. The van der Waals surface area contributed by atoms with E-state index in [2.05, 4.69) is 0 Å². The summed E-state index contributed by atoms with van der Waals surface area (Å²) in [5.41, 5.74) is 3.85. The maximum atomic E-state index is 12.7. The van der Waals surface area contributed by atoms with Crippen LogP contribution < -0.4 is 0 Å². The molecule has 0 aliphatic carbocycles. The number of esters is 1. The van der Waals surface area contributed by atoms with Gasteiger partial charge >= 0.3 is 5.97 Å². The number of rotatable bonds is 3. The van der Waals surface area contributed by atoms with Crippen LogP contribution in [0, 0.1) is 0 Å². The zero-order chi connectivity index (χ0) is 19.8. The number of benzene rings is 4. The molecule has 0 aromatic heterocycles. The summed E-state index contributed by atoms with van der Waals surface area (Å²) in [6, 6.07) is 32.4. The van der Waals surface area contributed by atoms with Crippen LogP contribution in [0.5, 0.6) is 5.75 Å². The van der Waals surface area contributed by atoms with Crippen LogP contribution in [0.4, 0.5) is 0 Å². The molecule has 0 amide bonds. The fourth-order valence-corrected chi connectivity index (χ4v) is 4.09. The lowest BCUT2D eigenvalue weighted by atomic mass is 9.79. The molecule has 1 N–H and O–H groups in total. The van der Waals surface area contributed by atoms with E-state index in [1.165, 1.54) is 0 Å². The first kappa shape index (κ1) is 17.3. The maximum absolute atomic E-state index is 12.7. The number of phenolic OH excluding ortho intramolecular Hbond substituents is 1. The molecule has 29 heavy (non-hydrogen) atoms. The Kier molecular flexibility index (Phi) is 3.95. The Morgan fingerprint density at radius 2 is 1.21 bits per heavy atom. The van der Waals surface area contributed by atoms with Gasteiger partial charge in [0.2, 0.25) is 0 Å². The first-order valence-electron chi connectivity index (χ1n) is 9.47. The molecule has 0 spiro atoms. The van der Waals surface area contributed by atoms with Crippen LogP contribution in [0.1, 0.15) is 27.0 Å². The van der Waals surface area contributed by atoms with Gasteiger partial charge in [-0.2, -0.15) is 0 Å². The minimum Gasteiger partial charge on any atom is -0.507 e. The lowest BCUT2D eigenvalue weighted by Crippen LogP contribution is -2.29. The predicted molar refractivity (Wildman–Crippen MR) is 112 cm³/mol. The monoisotopic (exact) mass is 378 g/mol. The number of hydrogen-bond donors (Lipinski definition) is 1. The van der Waals surface area contributed by atoms with Crippen molar-refractivity contribution in [3.8, 4) is 16.9 Å². The van der Waals surface area contributed by atoms with Crippen molar-refractivity contribution in [1.82, 2.24) is 0 Å². The first-order chi connectivity index (χ1) is 14.2. The van der Waals surface area contributed by atoms with Gasteiger partial charge in [-0.05, 0) is 17.7 Å². The molecular formula is C26H18O3. The molecule has 140 valence electrons. The van der Waals surface area contributed by atoms with Crippen LogP contribution in [0.3, 0.4) is 0 Å². The number of fused-ring (bicyclic) bond motifs is 1. The van der Waals surface area contributed by atoms with E-state index in [1.807, 2.05) is 84.9 Å². The van der Waals surface area contributed by atoms with E-state index >= 15 is 0 Å². The van der Waals surface area contributed by atoms with Gasteiger partial charge in [-0.3, -0.25) is 0 Å². The summed E-state index contributed by atoms with van der Waals surface area (Å²) in [4.78, 5) is 12.7. The molecular weight excluding hydrogens is 360 g/mol. The Morgan fingerprint density at radius 3 is 1.93 bits per heavy atom. The van der Waals surface area contributed by atoms with Crippen LogP contribution in [-0.2, 0) is 10.3 Å². The average Bonchev–Trinajstić information content (AvgIpc) is 3.09. The average molecular weight is 378 g/mol. The van der Waals surface area contributed by atoms with Gasteiger partial charge in [0.15, 0.2) is 5.60 Å². The first-order valence-corrected chi connectivity index (χ1v) is 9.47. The molecule has 0 saturated heterocycles. The Labute approximate surface area is 168 Å². The van der Waals surface area contributed by atoms with Gasteiger partial charge in [-0.15, -0.1) is 0 Å². The molecule has 0 radical (unpaired) electrons. The van der Waals surface area contributed by atoms with Crippen molar-refractivity contribution in [2.24, 2.45) is 0 Å². The van der Waals surface area contributed by atoms with Crippen molar-refractivity contribution in [1.29, 1.82) is 0 Å². The maximum Gasteiger partial charge on any atom is 0.340 e. The second-order valence-electron chi connectivity index (χ2n) is 7.08. The van der Waals surface area contributed by atoms with Crippen LogP contribution in [0.25, 0.3) is 11.1 Å². The smallest absolute Gasteiger partial charge is 0.340 e. The van der Waals surface area contributed by atoms with Gasteiger partial charge in [-0.25, -0.2) is 4.79 Å². The summed E-state index contributed by atoms with van der Waals surface area (Å²) in [6.45, 7) is 0. The van der Waals surface area contributed by atoms with Crippen LogP contribution in [0.2, 0.25) is 0 Å². The zero-order valence-electron chi connectivity index (χ0n) is 15.6. The lowest BCUT2D eigenvalue weighted by molar-refractivity contribution is 0.0251. The summed E-state index contributed by atoms with van der Waals surface area (Å²) in [7, 11) is 0. The number of para-hydroxylation sites is 1. The highest BCUT2D eigenvalue weighted by atomic mass is 16.6. The van der Waals surface area contributed by atoms with E-state index in [-0.39, 0.29) is 11.7 Å². The number of cyclic esters (lactones) is 1. The minimum atomic E-state index is -0.994. The van der Waals surface area contributed by atoms with E-state index in [9.17, 15) is 9.90 Å². The summed E-state index contributed by atoms with van der Waals surface area (Å²) in [6.07, 6.45) is 0. The van der Waals surface area contributed by atoms with E-state index in [4.69, 9.17) is 4.74 Å². The summed E-state index contributed by atoms with van der Waals surface area (Å²) >= 11 is 0. The lowest BCUT2D eigenvalue weighted by Gasteiger charge is -2.30. The highest BCUT2D eigenvalue weighted by molar-refractivity contribution is 5.96. The highest BCUT2D eigenvalue weighted by Crippen LogP contribution is 2.47. The molecule has 4 aromatic carbocycles. The van der Waals surface area contributed by atoms with E-state index < -0.39 is 5.60 Å². The number of aromatic hydroxyl groups is 1. The number of phenols is 1. The number of ether oxygens (including phenoxy) is 1. The normalized spacial score (nSPS) is 17.6. The molecule has 0 saturated carbocycles. The Balaban J connectivity index is 1.70. The van der Waals surface area contributed by atoms with Gasteiger partial charge in [0.25, 0.3) is 0 Å². The molecule has 5 rings (SSSR count). The van der Waals surface area contributed by atoms with Crippen LogP contribution >= 0.6 is 0 Å². The third-order valence-corrected chi connectivity index (χ3v) is 5.46. The molecule has 0 fully saturated rings. The molecule has 3 heteroatoms. The van der Waals surface area contributed by atoms with Crippen molar-refractivity contribution < 1.29 is 14.6 Å². The molecule has 0 unspecified atom stereocenters. The largest absolute Gasteiger partial charge is 0.507 e. The van der Waals surface area contributed by atoms with Crippen molar-refractivity contribution in [3.63, 3.8) is 0 Å². The predicted octanol–water partition coefficient (Wildman–Crippen LogP) is 5.52. The minimum absolute atomic E-state index is 0.232. The number of hydrogen-bond acceptors (Lipinski definition) is 3. The molecule has 1 aliphatic heterocycles.